The molecule has 104 valence electrons. The summed E-state index contributed by atoms with van der Waals surface area (Å²) in [5, 5.41) is 1.26. The van der Waals surface area contributed by atoms with E-state index in [2.05, 4.69) is 20.7 Å². The predicted molar refractivity (Wildman–Crippen MR) is 74.8 cm³/mol. The van der Waals surface area contributed by atoms with Crippen molar-refractivity contribution < 1.29 is 19.0 Å². The lowest BCUT2D eigenvalue weighted by molar-refractivity contribution is -0.175. The van der Waals surface area contributed by atoms with Gasteiger partial charge in [0.15, 0.2) is 6.10 Å². The van der Waals surface area contributed by atoms with E-state index in [1.807, 2.05) is 0 Å². The third-order valence-electron chi connectivity index (χ3n) is 2.78. The van der Waals surface area contributed by atoms with Gasteiger partial charge in [-0.2, -0.15) is 0 Å². The molecule has 1 aromatic rings. The fraction of sp³-hybridized carbons (Fsp3) is 0.417. The van der Waals surface area contributed by atoms with Crippen molar-refractivity contribution in [2.45, 2.75) is 11.9 Å². The molecule has 0 unspecified atom stereocenters. The molecular weight excluding hydrogens is 359 g/mol. The van der Waals surface area contributed by atoms with E-state index >= 15 is 0 Å². The van der Waals surface area contributed by atoms with Crippen LogP contribution in [0.4, 0.5) is 0 Å². The monoisotopic (exact) mass is 368 g/mol. The van der Waals surface area contributed by atoms with E-state index in [-0.39, 0.29) is 6.61 Å². The van der Waals surface area contributed by atoms with Gasteiger partial charge in [0.2, 0.25) is 5.79 Å². The lowest BCUT2D eigenvalue weighted by Gasteiger charge is -2.27. The number of alkyl halides is 1. The summed E-state index contributed by atoms with van der Waals surface area (Å²) in [6.45, 7) is 0.108. The van der Waals surface area contributed by atoms with Gasteiger partial charge in [0, 0.05) is 10.6 Å². The number of hydrogen-bond acceptors (Lipinski definition) is 4. The van der Waals surface area contributed by atoms with Gasteiger partial charge in [-0.3, -0.25) is 0 Å². The van der Waals surface area contributed by atoms with E-state index in [0.29, 0.717) is 20.9 Å². The maximum absolute atomic E-state index is 11.5. The molecule has 4 nitrogen and oxygen atoms in total. The highest BCUT2D eigenvalue weighted by molar-refractivity contribution is 9.09. The van der Waals surface area contributed by atoms with Crippen LogP contribution in [0.15, 0.2) is 18.2 Å². The molecule has 0 aliphatic carbocycles. The van der Waals surface area contributed by atoms with Gasteiger partial charge in [-0.1, -0.05) is 45.2 Å². The minimum atomic E-state index is -1.11. The summed E-state index contributed by atoms with van der Waals surface area (Å²) in [6, 6.07) is 5.00. The minimum absolute atomic E-state index is 0.108. The van der Waals surface area contributed by atoms with Gasteiger partial charge >= 0.3 is 5.97 Å². The van der Waals surface area contributed by atoms with Crippen LogP contribution in [0.1, 0.15) is 5.56 Å². The second kappa shape index (κ2) is 5.97. The number of hydrogen-bond donors (Lipinski definition) is 0. The van der Waals surface area contributed by atoms with Crippen LogP contribution in [0, 0.1) is 0 Å². The Morgan fingerprint density at radius 3 is 2.89 bits per heavy atom. The lowest BCUT2D eigenvalue weighted by atomic mass is 10.1. The Hall–Kier alpha value is -0.330. The van der Waals surface area contributed by atoms with Crippen molar-refractivity contribution in [2.75, 3.05) is 19.0 Å². The highest BCUT2D eigenvalue weighted by atomic mass is 79.9. The molecule has 0 bridgehead atoms. The first kappa shape index (κ1) is 15.1. The number of carbonyl (C=O) groups is 1. The van der Waals surface area contributed by atoms with Crippen LogP contribution in [0.5, 0.6) is 0 Å². The van der Waals surface area contributed by atoms with Gasteiger partial charge in [0.1, 0.15) is 0 Å². The van der Waals surface area contributed by atoms with Crippen LogP contribution in [0.2, 0.25) is 10.0 Å². The number of ether oxygens (including phenoxy) is 3. The average molecular weight is 370 g/mol. The fourth-order valence-corrected chi connectivity index (χ4v) is 2.99. The number of methoxy groups -OCH3 is 1. The Kier molecular flexibility index (Phi) is 4.74. The molecule has 1 aliphatic heterocycles. The number of halogens is 3. The molecule has 1 saturated heterocycles. The molecule has 0 saturated carbocycles. The molecule has 2 atom stereocenters. The number of rotatable bonds is 3. The molecule has 0 spiro atoms. The second-order valence-corrected chi connectivity index (χ2v) is 5.36. The molecule has 1 fully saturated rings. The Labute approximate surface area is 129 Å². The summed E-state index contributed by atoms with van der Waals surface area (Å²) in [7, 11) is 1.30. The normalized spacial score (nSPS) is 26.4. The Balaban J connectivity index is 2.32. The summed E-state index contributed by atoms with van der Waals surface area (Å²) >= 11 is 15.3. The molecule has 2 rings (SSSR count). The fourth-order valence-electron chi connectivity index (χ4n) is 1.84. The van der Waals surface area contributed by atoms with Gasteiger partial charge in [-0.25, -0.2) is 4.79 Å². The smallest absolute Gasteiger partial charge is 0.337 e. The second-order valence-electron chi connectivity index (χ2n) is 3.95. The van der Waals surface area contributed by atoms with Crippen molar-refractivity contribution in [3.63, 3.8) is 0 Å². The van der Waals surface area contributed by atoms with E-state index in [1.54, 1.807) is 18.2 Å². The number of benzene rings is 1. The maximum Gasteiger partial charge on any atom is 0.337 e. The third kappa shape index (κ3) is 2.90. The van der Waals surface area contributed by atoms with E-state index in [4.69, 9.17) is 32.7 Å². The molecule has 0 radical (unpaired) electrons. The van der Waals surface area contributed by atoms with E-state index < -0.39 is 17.9 Å². The van der Waals surface area contributed by atoms with Crippen LogP contribution in [0.3, 0.4) is 0 Å². The summed E-state index contributed by atoms with van der Waals surface area (Å²) in [5.41, 5.74) is 0.613. The van der Waals surface area contributed by atoms with E-state index in [9.17, 15) is 4.79 Å². The zero-order valence-electron chi connectivity index (χ0n) is 9.99. The average Bonchev–Trinajstić information content (AvgIpc) is 2.83. The van der Waals surface area contributed by atoms with Gasteiger partial charge in [0.25, 0.3) is 0 Å². The third-order valence-corrected chi connectivity index (χ3v) is 4.07. The van der Waals surface area contributed by atoms with Crippen molar-refractivity contribution in [1.82, 2.24) is 0 Å². The van der Waals surface area contributed by atoms with Gasteiger partial charge in [-0.15, -0.1) is 0 Å². The predicted octanol–water partition coefficient (Wildman–Crippen LogP) is 3.13. The van der Waals surface area contributed by atoms with E-state index in [1.165, 1.54) is 7.11 Å². The highest BCUT2D eigenvalue weighted by Crippen LogP contribution is 2.40. The summed E-state index contributed by atoms with van der Waals surface area (Å²) < 4.78 is 16.0. The summed E-state index contributed by atoms with van der Waals surface area (Å²) in [4.78, 5) is 11.5. The van der Waals surface area contributed by atoms with E-state index in [0.717, 1.165) is 0 Å². The van der Waals surface area contributed by atoms with Crippen molar-refractivity contribution >= 4 is 45.1 Å². The molecule has 1 aromatic carbocycles. The van der Waals surface area contributed by atoms with Crippen molar-refractivity contribution in [3.8, 4) is 0 Å². The number of esters is 1. The molecule has 7 heteroatoms. The summed E-state index contributed by atoms with van der Waals surface area (Å²) in [6.07, 6.45) is -0.769. The highest BCUT2D eigenvalue weighted by Gasteiger charge is 2.46. The molecule has 19 heavy (non-hydrogen) atoms. The topological polar surface area (TPSA) is 44.8 Å². The first-order valence-electron chi connectivity index (χ1n) is 5.43. The molecular formula is C12H11BrCl2O4. The Morgan fingerprint density at radius 1 is 1.58 bits per heavy atom. The van der Waals surface area contributed by atoms with Crippen LogP contribution >= 0.6 is 39.1 Å². The van der Waals surface area contributed by atoms with Crippen LogP contribution in [0.25, 0.3) is 0 Å². The lowest BCUT2D eigenvalue weighted by Crippen LogP contribution is -2.32. The first-order valence-corrected chi connectivity index (χ1v) is 7.31. The molecule has 0 amide bonds. The number of carbonyl (C=O) groups excluding carboxylic acids is 1. The van der Waals surface area contributed by atoms with Gasteiger partial charge in [0.05, 0.1) is 24.1 Å². The maximum atomic E-state index is 11.5. The first-order chi connectivity index (χ1) is 9.02. The van der Waals surface area contributed by atoms with Crippen LogP contribution in [-0.4, -0.2) is 31.1 Å². The summed E-state index contributed by atoms with van der Waals surface area (Å²) in [5.74, 6) is -1.59. The van der Waals surface area contributed by atoms with Gasteiger partial charge in [-0.05, 0) is 12.1 Å². The SMILES string of the molecule is COC(=O)[C@@H]1CO[C@@](CBr)(c2ccc(Cl)cc2Cl)O1. The quantitative estimate of drug-likeness (QED) is 0.606. The minimum Gasteiger partial charge on any atom is -0.467 e. The molecule has 1 aliphatic rings. The van der Waals surface area contributed by atoms with Crippen molar-refractivity contribution in [2.24, 2.45) is 0 Å². The Bertz CT molecular complexity index is 497. The molecule has 0 aromatic heterocycles. The van der Waals surface area contributed by atoms with Crippen LogP contribution in [-0.2, 0) is 24.8 Å². The zero-order chi connectivity index (χ0) is 14.0. The standard InChI is InChI=1S/C12H11BrCl2O4/c1-17-11(16)10-5-18-12(6-13,19-10)8-3-2-7(14)4-9(8)15/h2-4,10H,5-6H2,1H3/t10-,12+/m0/s1. The Morgan fingerprint density at radius 2 is 2.32 bits per heavy atom. The van der Waals surface area contributed by atoms with Crippen LogP contribution < -0.4 is 0 Å². The molecule has 0 N–H and O–H groups in total. The van der Waals surface area contributed by atoms with Crippen molar-refractivity contribution in [3.05, 3.63) is 33.8 Å². The molecule has 1 heterocycles. The largest absolute Gasteiger partial charge is 0.467 e. The zero-order valence-corrected chi connectivity index (χ0v) is 13.1. The van der Waals surface area contributed by atoms with Crippen molar-refractivity contribution in [1.29, 1.82) is 0 Å². The van der Waals surface area contributed by atoms with Gasteiger partial charge < -0.3 is 14.2 Å².